The second kappa shape index (κ2) is 7.17. The zero-order valence-electron chi connectivity index (χ0n) is 13.1. The number of hydrogen-bond donors (Lipinski definition) is 1. The molecule has 1 atom stereocenters. The molecule has 0 aromatic heterocycles. The summed E-state index contributed by atoms with van der Waals surface area (Å²) in [7, 11) is 0. The van der Waals surface area contributed by atoms with Crippen molar-refractivity contribution in [2.75, 3.05) is 13.2 Å². The molecule has 1 aliphatic heterocycles. The van der Waals surface area contributed by atoms with Crippen molar-refractivity contribution in [3.05, 3.63) is 23.8 Å². The highest BCUT2D eigenvalue weighted by Gasteiger charge is 2.20. The van der Waals surface area contributed by atoms with Crippen LogP contribution in [0, 0.1) is 5.92 Å². The molecule has 2 aliphatic rings. The Labute approximate surface area is 128 Å². The number of fused-ring (bicyclic) bond motifs is 1. The van der Waals surface area contributed by atoms with E-state index in [4.69, 9.17) is 9.47 Å². The van der Waals surface area contributed by atoms with Gasteiger partial charge in [-0.3, -0.25) is 0 Å². The highest BCUT2D eigenvalue weighted by atomic mass is 16.5. The molecule has 1 N–H and O–H groups in total. The fourth-order valence-corrected chi connectivity index (χ4v) is 3.47. The quantitative estimate of drug-likeness (QED) is 0.911. The molecule has 0 bridgehead atoms. The summed E-state index contributed by atoms with van der Waals surface area (Å²) in [4.78, 5) is 0. The minimum atomic E-state index is 0.577. The van der Waals surface area contributed by atoms with Crippen molar-refractivity contribution in [2.45, 2.75) is 58.0 Å². The largest absolute Gasteiger partial charge is 0.490 e. The van der Waals surface area contributed by atoms with E-state index in [1.807, 2.05) is 6.07 Å². The first kappa shape index (κ1) is 14.7. The Morgan fingerprint density at radius 1 is 1.10 bits per heavy atom. The summed E-state index contributed by atoms with van der Waals surface area (Å²) >= 11 is 0. The number of benzene rings is 1. The third-order valence-electron chi connectivity index (χ3n) is 4.82. The topological polar surface area (TPSA) is 30.5 Å². The van der Waals surface area contributed by atoms with Crippen LogP contribution in [0.25, 0.3) is 0 Å². The number of rotatable bonds is 4. The van der Waals surface area contributed by atoms with Gasteiger partial charge in [0.2, 0.25) is 0 Å². The van der Waals surface area contributed by atoms with Gasteiger partial charge in [-0.2, -0.15) is 0 Å². The van der Waals surface area contributed by atoms with Crippen molar-refractivity contribution in [3.8, 4) is 11.5 Å². The minimum absolute atomic E-state index is 0.577. The van der Waals surface area contributed by atoms with Crippen LogP contribution >= 0.6 is 0 Å². The van der Waals surface area contributed by atoms with Crippen LogP contribution in [-0.4, -0.2) is 19.3 Å². The summed E-state index contributed by atoms with van der Waals surface area (Å²) in [6, 6.07) is 6.80. The second-order valence-corrected chi connectivity index (χ2v) is 6.36. The molecule has 21 heavy (non-hydrogen) atoms. The molecule has 3 nitrogen and oxygen atoms in total. The number of hydrogen-bond acceptors (Lipinski definition) is 3. The first-order valence-corrected chi connectivity index (χ1v) is 8.45. The van der Waals surface area contributed by atoms with E-state index in [1.54, 1.807) is 0 Å². The third-order valence-corrected chi connectivity index (χ3v) is 4.82. The molecule has 3 rings (SSSR count). The van der Waals surface area contributed by atoms with E-state index in [0.717, 1.165) is 43.6 Å². The average molecular weight is 289 g/mol. The van der Waals surface area contributed by atoms with Crippen LogP contribution in [0.1, 0.15) is 51.0 Å². The van der Waals surface area contributed by atoms with Gasteiger partial charge < -0.3 is 14.8 Å². The van der Waals surface area contributed by atoms with Crippen LogP contribution in [0.2, 0.25) is 0 Å². The SMILES string of the molecule is CC(NCc1cccc2c1OCCCO2)C1CCCCC1. The van der Waals surface area contributed by atoms with Gasteiger partial charge in [-0.15, -0.1) is 0 Å². The van der Waals surface area contributed by atoms with Gasteiger partial charge >= 0.3 is 0 Å². The molecule has 1 aliphatic carbocycles. The molecule has 1 aromatic carbocycles. The van der Waals surface area contributed by atoms with E-state index in [9.17, 15) is 0 Å². The van der Waals surface area contributed by atoms with Crippen molar-refractivity contribution < 1.29 is 9.47 Å². The standard InChI is InChI=1S/C18H27NO2/c1-14(15-7-3-2-4-8-15)19-13-16-9-5-10-17-18(16)21-12-6-11-20-17/h5,9-10,14-15,19H,2-4,6-8,11-13H2,1H3. The Bertz CT molecular complexity index is 455. The van der Waals surface area contributed by atoms with Gasteiger partial charge in [-0.1, -0.05) is 31.4 Å². The van der Waals surface area contributed by atoms with Crippen LogP contribution in [-0.2, 0) is 6.54 Å². The Kier molecular flexibility index (Phi) is 5.02. The van der Waals surface area contributed by atoms with Gasteiger partial charge in [0.25, 0.3) is 0 Å². The minimum Gasteiger partial charge on any atom is -0.490 e. The van der Waals surface area contributed by atoms with E-state index >= 15 is 0 Å². The molecule has 1 unspecified atom stereocenters. The maximum atomic E-state index is 5.89. The van der Waals surface area contributed by atoms with Crippen LogP contribution in [0.15, 0.2) is 18.2 Å². The van der Waals surface area contributed by atoms with Crippen LogP contribution in [0.3, 0.4) is 0 Å². The Hall–Kier alpha value is -1.22. The third kappa shape index (κ3) is 3.70. The average Bonchev–Trinajstić information content (AvgIpc) is 2.79. The van der Waals surface area contributed by atoms with E-state index in [-0.39, 0.29) is 0 Å². The van der Waals surface area contributed by atoms with Crippen LogP contribution in [0.5, 0.6) is 11.5 Å². The van der Waals surface area contributed by atoms with Crippen molar-refractivity contribution >= 4 is 0 Å². The lowest BCUT2D eigenvalue weighted by Crippen LogP contribution is -2.34. The highest BCUT2D eigenvalue weighted by Crippen LogP contribution is 2.33. The number of ether oxygens (including phenoxy) is 2. The summed E-state index contributed by atoms with van der Waals surface area (Å²) in [6.07, 6.45) is 7.92. The molecule has 1 aromatic rings. The van der Waals surface area contributed by atoms with Crippen molar-refractivity contribution in [1.29, 1.82) is 0 Å². The maximum absolute atomic E-state index is 5.89. The Morgan fingerprint density at radius 2 is 1.90 bits per heavy atom. The van der Waals surface area contributed by atoms with Crippen molar-refractivity contribution in [2.24, 2.45) is 5.92 Å². The van der Waals surface area contributed by atoms with Gasteiger partial charge in [0, 0.05) is 24.6 Å². The molecule has 1 heterocycles. The van der Waals surface area contributed by atoms with Gasteiger partial charge in [0.1, 0.15) is 0 Å². The van der Waals surface area contributed by atoms with Crippen LogP contribution in [0.4, 0.5) is 0 Å². The molecular weight excluding hydrogens is 262 g/mol. The lowest BCUT2D eigenvalue weighted by atomic mass is 9.84. The van der Waals surface area contributed by atoms with E-state index in [2.05, 4.69) is 24.4 Å². The lowest BCUT2D eigenvalue weighted by Gasteiger charge is -2.28. The normalized spacial score (nSPS) is 20.8. The number of nitrogens with one attached hydrogen (secondary N) is 1. The van der Waals surface area contributed by atoms with Crippen molar-refractivity contribution in [1.82, 2.24) is 5.32 Å². The van der Waals surface area contributed by atoms with Gasteiger partial charge in [-0.05, 0) is 31.7 Å². The molecule has 3 heteroatoms. The molecule has 0 amide bonds. The molecule has 116 valence electrons. The predicted octanol–water partition coefficient (Wildman–Crippen LogP) is 3.91. The smallest absolute Gasteiger partial charge is 0.165 e. The Morgan fingerprint density at radius 3 is 2.76 bits per heavy atom. The first-order valence-electron chi connectivity index (χ1n) is 8.45. The molecule has 0 spiro atoms. The van der Waals surface area contributed by atoms with Crippen LogP contribution < -0.4 is 14.8 Å². The molecule has 0 radical (unpaired) electrons. The molecule has 0 saturated heterocycles. The monoisotopic (exact) mass is 289 g/mol. The van der Waals surface area contributed by atoms with Crippen molar-refractivity contribution in [3.63, 3.8) is 0 Å². The fraction of sp³-hybridized carbons (Fsp3) is 0.667. The molecular formula is C18H27NO2. The molecule has 1 fully saturated rings. The summed E-state index contributed by atoms with van der Waals surface area (Å²) < 4.78 is 11.7. The van der Waals surface area contributed by atoms with Gasteiger partial charge in [-0.25, -0.2) is 0 Å². The predicted molar refractivity (Wildman–Crippen MR) is 84.9 cm³/mol. The molecule has 1 saturated carbocycles. The summed E-state index contributed by atoms with van der Waals surface area (Å²) in [5.74, 6) is 2.67. The van der Waals surface area contributed by atoms with Gasteiger partial charge in [0.15, 0.2) is 11.5 Å². The second-order valence-electron chi connectivity index (χ2n) is 6.36. The van der Waals surface area contributed by atoms with E-state index < -0.39 is 0 Å². The summed E-state index contributed by atoms with van der Waals surface area (Å²) in [6.45, 7) is 4.70. The zero-order chi connectivity index (χ0) is 14.5. The van der Waals surface area contributed by atoms with E-state index in [0.29, 0.717) is 6.04 Å². The highest BCUT2D eigenvalue weighted by molar-refractivity contribution is 5.47. The van der Waals surface area contributed by atoms with E-state index in [1.165, 1.54) is 37.7 Å². The summed E-state index contributed by atoms with van der Waals surface area (Å²) in [5.41, 5.74) is 1.22. The first-order chi connectivity index (χ1) is 10.3. The zero-order valence-corrected chi connectivity index (χ0v) is 13.1. The lowest BCUT2D eigenvalue weighted by molar-refractivity contribution is 0.277. The van der Waals surface area contributed by atoms with Gasteiger partial charge in [0.05, 0.1) is 13.2 Å². The number of para-hydroxylation sites is 1. The Balaban J connectivity index is 1.62. The maximum Gasteiger partial charge on any atom is 0.165 e. The summed E-state index contributed by atoms with van der Waals surface area (Å²) in [5, 5.41) is 3.70. The fourth-order valence-electron chi connectivity index (χ4n) is 3.47.